The lowest BCUT2D eigenvalue weighted by Gasteiger charge is -2.18. The summed E-state index contributed by atoms with van der Waals surface area (Å²) < 4.78 is 6.11. The van der Waals surface area contributed by atoms with E-state index in [2.05, 4.69) is 37.3 Å². The Hall–Kier alpha value is -1.45. The van der Waals surface area contributed by atoms with E-state index in [0.29, 0.717) is 5.92 Å². The van der Waals surface area contributed by atoms with Gasteiger partial charge in [-0.2, -0.15) is 0 Å². The molecular formula is C18H21NOS. The van der Waals surface area contributed by atoms with Crippen LogP contribution in [0.5, 0.6) is 5.75 Å². The van der Waals surface area contributed by atoms with E-state index in [1.807, 2.05) is 30.0 Å². The summed E-state index contributed by atoms with van der Waals surface area (Å²) in [4.78, 5) is 1.39. The number of nitrogens with two attached hydrogens (primary N) is 1. The molecule has 1 heterocycles. The first-order chi connectivity index (χ1) is 10.3. The van der Waals surface area contributed by atoms with Gasteiger partial charge in [0.1, 0.15) is 5.75 Å². The van der Waals surface area contributed by atoms with Crippen LogP contribution in [0.1, 0.15) is 36.4 Å². The van der Waals surface area contributed by atoms with Crippen LogP contribution in [0.2, 0.25) is 0 Å². The molecule has 0 bridgehead atoms. The predicted molar refractivity (Wildman–Crippen MR) is 89.1 cm³/mol. The third-order valence-corrected chi connectivity index (χ3v) is 5.25. The van der Waals surface area contributed by atoms with Gasteiger partial charge in [0, 0.05) is 28.2 Å². The van der Waals surface area contributed by atoms with E-state index >= 15 is 0 Å². The highest BCUT2D eigenvalue weighted by molar-refractivity contribution is 7.99. The molecule has 3 heteroatoms. The first kappa shape index (κ1) is 14.5. The predicted octanol–water partition coefficient (Wildman–Crippen LogP) is 4.36. The van der Waals surface area contributed by atoms with Crippen molar-refractivity contribution in [1.82, 2.24) is 0 Å². The topological polar surface area (TPSA) is 35.2 Å². The van der Waals surface area contributed by atoms with Gasteiger partial charge in [0.15, 0.2) is 0 Å². The van der Waals surface area contributed by atoms with Gasteiger partial charge in [0.25, 0.3) is 0 Å². The number of thioether (sulfide) groups is 1. The summed E-state index contributed by atoms with van der Waals surface area (Å²) in [6.45, 7) is 2.82. The van der Waals surface area contributed by atoms with Crippen LogP contribution in [0.15, 0.2) is 53.4 Å². The summed E-state index contributed by atoms with van der Waals surface area (Å²) in [5, 5.41) is 0. The summed E-state index contributed by atoms with van der Waals surface area (Å²) in [7, 11) is 0. The maximum atomic E-state index is 6.17. The van der Waals surface area contributed by atoms with Crippen molar-refractivity contribution < 1.29 is 4.74 Å². The summed E-state index contributed by atoms with van der Waals surface area (Å²) in [5.74, 6) is 2.50. The second-order valence-electron chi connectivity index (χ2n) is 5.41. The number of ether oxygens (including phenoxy) is 1. The Kier molecular flexibility index (Phi) is 4.51. The SMILES string of the molecule is CC[C@@H](N)c1ccccc1OCC1CSc2ccccc21. The highest BCUT2D eigenvalue weighted by Gasteiger charge is 2.23. The molecule has 2 nitrogen and oxygen atoms in total. The van der Waals surface area contributed by atoms with E-state index in [4.69, 9.17) is 10.5 Å². The van der Waals surface area contributed by atoms with Crippen molar-refractivity contribution in [2.45, 2.75) is 30.2 Å². The van der Waals surface area contributed by atoms with Crippen LogP contribution in [0.25, 0.3) is 0 Å². The minimum absolute atomic E-state index is 0.0476. The maximum absolute atomic E-state index is 6.17. The molecule has 3 rings (SSSR count). The number of para-hydroxylation sites is 1. The minimum atomic E-state index is 0.0476. The lowest BCUT2D eigenvalue weighted by atomic mass is 10.0. The Bertz CT molecular complexity index is 614. The number of benzene rings is 2. The van der Waals surface area contributed by atoms with Crippen molar-refractivity contribution in [3.05, 3.63) is 59.7 Å². The molecule has 1 aliphatic rings. The van der Waals surface area contributed by atoms with Crippen LogP contribution in [0.4, 0.5) is 0 Å². The molecular weight excluding hydrogens is 278 g/mol. The zero-order chi connectivity index (χ0) is 14.7. The van der Waals surface area contributed by atoms with E-state index in [1.54, 1.807) is 0 Å². The van der Waals surface area contributed by atoms with Crippen LogP contribution in [0.3, 0.4) is 0 Å². The van der Waals surface area contributed by atoms with Gasteiger partial charge >= 0.3 is 0 Å². The standard InChI is InChI=1S/C18H21NOS/c1-2-16(19)15-8-3-5-9-17(15)20-11-13-12-21-18-10-6-4-7-14(13)18/h3-10,13,16H,2,11-12,19H2,1H3/t13?,16-/m1/s1. The molecule has 21 heavy (non-hydrogen) atoms. The molecule has 0 saturated carbocycles. The first-order valence-electron chi connectivity index (χ1n) is 7.48. The Morgan fingerprint density at radius 1 is 1.19 bits per heavy atom. The average molecular weight is 299 g/mol. The normalized spacial score (nSPS) is 18.3. The van der Waals surface area contributed by atoms with Crippen molar-refractivity contribution in [2.75, 3.05) is 12.4 Å². The Morgan fingerprint density at radius 3 is 2.81 bits per heavy atom. The van der Waals surface area contributed by atoms with Gasteiger partial charge in [-0.3, -0.25) is 0 Å². The Labute approximate surface area is 130 Å². The molecule has 0 aromatic heterocycles. The lowest BCUT2D eigenvalue weighted by molar-refractivity contribution is 0.293. The monoisotopic (exact) mass is 299 g/mol. The second kappa shape index (κ2) is 6.54. The van der Waals surface area contributed by atoms with Crippen LogP contribution < -0.4 is 10.5 Å². The van der Waals surface area contributed by atoms with Crippen molar-refractivity contribution in [3.8, 4) is 5.75 Å². The third-order valence-electron chi connectivity index (χ3n) is 4.00. The van der Waals surface area contributed by atoms with Crippen molar-refractivity contribution in [3.63, 3.8) is 0 Å². The van der Waals surface area contributed by atoms with Gasteiger partial charge in [-0.15, -0.1) is 11.8 Å². The highest BCUT2D eigenvalue weighted by atomic mass is 32.2. The summed E-state index contributed by atoms with van der Waals surface area (Å²) >= 11 is 1.92. The number of hydrogen-bond donors (Lipinski definition) is 1. The average Bonchev–Trinajstić information content (AvgIpc) is 2.96. The zero-order valence-electron chi connectivity index (χ0n) is 12.3. The van der Waals surface area contributed by atoms with Crippen LogP contribution in [-0.4, -0.2) is 12.4 Å². The Balaban J connectivity index is 1.72. The van der Waals surface area contributed by atoms with Gasteiger partial charge in [0.2, 0.25) is 0 Å². The van der Waals surface area contributed by atoms with Gasteiger partial charge in [-0.1, -0.05) is 43.3 Å². The van der Waals surface area contributed by atoms with E-state index in [9.17, 15) is 0 Å². The lowest BCUT2D eigenvalue weighted by Crippen LogP contribution is -2.14. The minimum Gasteiger partial charge on any atom is -0.493 e. The van der Waals surface area contributed by atoms with Crippen LogP contribution in [-0.2, 0) is 0 Å². The van der Waals surface area contributed by atoms with Crippen molar-refractivity contribution in [2.24, 2.45) is 5.73 Å². The summed E-state index contributed by atoms with van der Waals surface area (Å²) in [6.07, 6.45) is 0.919. The molecule has 110 valence electrons. The molecule has 1 aliphatic heterocycles. The Morgan fingerprint density at radius 2 is 1.95 bits per heavy atom. The van der Waals surface area contributed by atoms with Crippen molar-refractivity contribution >= 4 is 11.8 Å². The summed E-state index contributed by atoms with van der Waals surface area (Å²) in [5.41, 5.74) is 8.70. The molecule has 0 amide bonds. The smallest absolute Gasteiger partial charge is 0.124 e. The van der Waals surface area contributed by atoms with Crippen molar-refractivity contribution in [1.29, 1.82) is 0 Å². The van der Waals surface area contributed by atoms with Gasteiger partial charge in [-0.25, -0.2) is 0 Å². The van der Waals surface area contributed by atoms with Crippen LogP contribution >= 0.6 is 11.8 Å². The quantitative estimate of drug-likeness (QED) is 0.890. The van der Waals surface area contributed by atoms with Gasteiger partial charge < -0.3 is 10.5 Å². The molecule has 0 fully saturated rings. The zero-order valence-corrected chi connectivity index (χ0v) is 13.1. The fourth-order valence-electron chi connectivity index (χ4n) is 2.70. The molecule has 2 aromatic carbocycles. The fourth-order valence-corrected chi connectivity index (χ4v) is 3.93. The molecule has 0 spiro atoms. The molecule has 1 unspecified atom stereocenters. The maximum Gasteiger partial charge on any atom is 0.124 e. The van der Waals surface area contributed by atoms with E-state index in [-0.39, 0.29) is 6.04 Å². The van der Waals surface area contributed by atoms with E-state index in [0.717, 1.165) is 30.1 Å². The molecule has 0 radical (unpaired) electrons. The summed E-state index contributed by atoms with van der Waals surface area (Å²) in [6, 6.07) is 16.8. The molecule has 2 atom stereocenters. The van der Waals surface area contributed by atoms with E-state index in [1.165, 1.54) is 10.5 Å². The molecule has 2 aromatic rings. The number of fused-ring (bicyclic) bond motifs is 1. The number of hydrogen-bond acceptors (Lipinski definition) is 3. The largest absolute Gasteiger partial charge is 0.493 e. The molecule has 2 N–H and O–H groups in total. The van der Waals surface area contributed by atoms with E-state index < -0.39 is 0 Å². The number of rotatable bonds is 5. The third kappa shape index (κ3) is 3.09. The van der Waals surface area contributed by atoms with Gasteiger partial charge in [-0.05, 0) is 24.1 Å². The van der Waals surface area contributed by atoms with Gasteiger partial charge in [0.05, 0.1) is 6.61 Å². The second-order valence-corrected chi connectivity index (χ2v) is 6.47. The molecule has 0 saturated heterocycles. The fraction of sp³-hybridized carbons (Fsp3) is 0.333. The van der Waals surface area contributed by atoms with Crippen LogP contribution in [0, 0.1) is 0 Å². The highest BCUT2D eigenvalue weighted by Crippen LogP contribution is 2.39. The molecule has 0 aliphatic carbocycles. The first-order valence-corrected chi connectivity index (χ1v) is 8.47.